The molecule has 0 atom stereocenters. The zero-order valence-electron chi connectivity index (χ0n) is 12.2. The molecule has 0 unspecified atom stereocenters. The lowest BCUT2D eigenvalue weighted by molar-refractivity contribution is 0.414. The van der Waals surface area contributed by atoms with E-state index in [0.29, 0.717) is 11.1 Å². The molecule has 0 N–H and O–H groups in total. The molecule has 4 nitrogen and oxygen atoms in total. The zero-order valence-corrected chi connectivity index (χ0v) is 13.8. The summed E-state index contributed by atoms with van der Waals surface area (Å²) in [6.45, 7) is 2.09. The maximum atomic E-state index is 5.65. The van der Waals surface area contributed by atoms with Crippen LogP contribution in [-0.4, -0.2) is 15.2 Å². The number of benzene rings is 1. The Morgan fingerprint density at radius 2 is 2.05 bits per heavy atom. The van der Waals surface area contributed by atoms with Gasteiger partial charge in [-0.25, -0.2) is 4.98 Å². The summed E-state index contributed by atoms with van der Waals surface area (Å²) in [7, 11) is 0. The van der Waals surface area contributed by atoms with Crippen molar-refractivity contribution in [3.8, 4) is 10.6 Å². The third-order valence-corrected chi connectivity index (χ3v) is 5.33. The smallest absolute Gasteiger partial charge is 0.276 e. The van der Waals surface area contributed by atoms with Gasteiger partial charge in [-0.05, 0) is 19.8 Å². The van der Waals surface area contributed by atoms with E-state index in [1.54, 1.807) is 23.1 Å². The van der Waals surface area contributed by atoms with Crippen LogP contribution in [0.5, 0.6) is 0 Å². The van der Waals surface area contributed by atoms with E-state index in [1.807, 2.05) is 0 Å². The Kier molecular flexibility index (Phi) is 3.72. The molecule has 1 aliphatic rings. The average molecular weight is 329 g/mol. The molecule has 0 aliphatic heterocycles. The Labute approximate surface area is 137 Å². The van der Waals surface area contributed by atoms with Gasteiger partial charge < -0.3 is 4.42 Å². The van der Waals surface area contributed by atoms with Crippen molar-refractivity contribution in [2.45, 2.75) is 36.7 Å². The predicted octanol–water partition coefficient (Wildman–Crippen LogP) is 4.67. The number of hydrogen-bond donors (Lipinski definition) is 0. The van der Waals surface area contributed by atoms with Gasteiger partial charge in [0.25, 0.3) is 5.22 Å². The van der Waals surface area contributed by atoms with Crippen LogP contribution < -0.4 is 0 Å². The Balaban J connectivity index is 1.41. The Morgan fingerprint density at radius 1 is 1.23 bits per heavy atom. The molecule has 0 amide bonds. The fraction of sp³-hybridized carbons (Fsp3) is 0.312. The fourth-order valence-electron chi connectivity index (χ4n) is 2.11. The van der Waals surface area contributed by atoms with Crippen LogP contribution in [0, 0.1) is 6.92 Å². The summed E-state index contributed by atoms with van der Waals surface area (Å²) in [5.41, 5.74) is 3.48. The number of rotatable bonds is 5. The first-order valence-electron chi connectivity index (χ1n) is 7.25. The highest BCUT2D eigenvalue weighted by Gasteiger charge is 2.29. The zero-order chi connectivity index (χ0) is 14.9. The fourth-order valence-corrected chi connectivity index (χ4v) is 3.71. The van der Waals surface area contributed by atoms with Gasteiger partial charge in [-0.3, -0.25) is 0 Å². The van der Waals surface area contributed by atoms with Gasteiger partial charge in [0, 0.05) is 22.6 Å². The van der Waals surface area contributed by atoms with Gasteiger partial charge in [0.15, 0.2) is 0 Å². The van der Waals surface area contributed by atoms with Crippen LogP contribution in [0.25, 0.3) is 10.6 Å². The SMILES string of the molecule is Cc1ccc(-c2nc(CSc3nnc(C4CC4)o3)cs2)cc1. The Morgan fingerprint density at radius 3 is 2.82 bits per heavy atom. The van der Waals surface area contributed by atoms with Crippen LogP contribution in [-0.2, 0) is 5.75 Å². The molecule has 112 valence electrons. The van der Waals surface area contributed by atoms with Gasteiger partial charge >= 0.3 is 0 Å². The molecule has 2 heterocycles. The van der Waals surface area contributed by atoms with Gasteiger partial charge in [0.1, 0.15) is 5.01 Å². The third kappa shape index (κ3) is 3.08. The summed E-state index contributed by atoms with van der Waals surface area (Å²) in [5, 5.41) is 12.0. The lowest BCUT2D eigenvalue weighted by Crippen LogP contribution is -1.82. The minimum absolute atomic E-state index is 0.509. The molecule has 1 fully saturated rings. The Hall–Kier alpha value is -1.66. The van der Waals surface area contributed by atoms with Crippen molar-refractivity contribution < 1.29 is 4.42 Å². The van der Waals surface area contributed by atoms with E-state index in [0.717, 1.165) is 22.3 Å². The van der Waals surface area contributed by atoms with Crippen molar-refractivity contribution in [2.24, 2.45) is 0 Å². The van der Waals surface area contributed by atoms with Crippen molar-refractivity contribution in [3.05, 3.63) is 46.8 Å². The van der Waals surface area contributed by atoms with E-state index in [2.05, 4.69) is 51.8 Å². The number of aromatic nitrogens is 3. The number of thiazole rings is 1. The molecule has 6 heteroatoms. The second-order valence-electron chi connectivity index (χ2n) is 5.48. The van der Waals surface area contributed by atoms with E-state index >= 15 is 0 Å². The first kappa shape index (κ1) is 14.0. The molecule has 0 bridgehead atoms. The first-order chi connectivity index (χ1) is 10.8. The van der Waals surface area contributed by atoms with E-state index in [-0.39, 0.29) is 0 Å². The summed E-state index contributed by atoms with van der Waals surface area (Å²) in [5.74, 6) is 2.06. The first-order valence-corrected chi connectivity index (χ1v) is 9.12. The predicted molar refractivity (Wildman–Crippen MR) is 88.1 cm³/mol. The van der Waals surface area contributed by atoms with Crippen LogP contribution in [0.1, 0.15) is 35.9 Å². The molecule has 1 aromatic carbocycles. The van der Waals surface area contributed by atoms with Crippen LogP contribution in [0.15, 0.2) is 39.3 Å². The number of nitrogens with zero attached hydrogens (tertiary/aromatic N) is 3. The van der Waals surface area contributed by atoms with Gasteiger partial charge in [-0.2, -0.15) is 0 Å². The highest BCUT2D eigenvalue weighted by Crippen LogP contribution is 2.40. The highest BCUT2D eigenvalue weighted by atomic mass is 32.2. The van der Waals surface area contributed by atoms with Crippen molar-refractivity contribution in [1.29, 1.82) is 0 Å². The molecule has 22 heavy (non-hydrogen) atoms. The number of thioether (sulfide) groups is 1. The van der Waals surface area contributed by atoms with Gasteiger partial charge in [0.2, 0.25) is 5.89 Å². The number of hydrogen-bond acceptors (Lipinski definition) is 6. The molecule has 0 saturated heterocycles. The van der Waals surface area contributed by atoms with Crippen molar-refractivity contribution in [2.75, 3.05) is 0 Å². The summed E-state index contributed by atoms with van der Waals surface area (Å²) in [6.07, 6.45) is 2.36. The van der Waals surface area contributed by atoms with Crippen molar-refractivity contribution in [3.63, 3.8) is 0 Å². The monoisotopic (exact) mass is 329 g/mol. The molecule has 1 saturated carbocycles. The summed E-state index contributed by atoms with van der Waals surface area (Å²) < 4.78 is 5.65. The molecule has 2 aromatic heterocycles. The molecule has 3 aromatic rings. The van der Waals surface area contributed by atoms with Crippen LogP contribution in [0.4, 0.5) is 0 Å². The minimum atomic E-state index is 0.509. The van der Waals surface area contributed by atoms with Gasteiger partial charge in [0.05, 0.1) is 5.69 Å². The van der Waals surface area contributed by atoms with Crippen LogP contribution >= 0.6 is 23.1 Å². The van der Waals surface area contributed by atoms with Gasteiger partial charge in [-0.15, -0.1) is 21.5 Å². The second kappa shape index (κ2) is 5.85. The third-order valence-electron chi connectivity index (χ3n) is 3.54. The molecular formula is C16H15N3OS2. The maximum absolute atomic E-state index is 5.65. The van der Waals surface area contributed by atoms with Crippen molar-refractivity contribution >= 4 is 23.1 Å². The quantitative estimate of drug-likeness (QED) is 0.637. The molecular weight excluding hydrogens is 314 g/mol. The largest absolute Gasteiger partial charge is 0.416 e. The molecule has 4 rings (SSSR count). The summed E-state index contributed by atoms with van der Waals surface area (Å²) in [4.78, 5) is 4.69. The Bertz CT molecular complexity index is 775. The topological polar surface area (TPSA) is 51.8 Å². The normalized spacial score (nSPS) is 14.4. The highest BCUT2D eigenvalue weighted by molar-refractivity contribution is 7.98. The maximum Gasteiger partial charge on any atom is 0.276 e. The second-order valence-corrected chi connectivity index (χ2v) is 7.26. The molecule has 1 aliphatic carbocycles. The van der Waals surface area contributed by atoms with Gasteiger partial charge in [-0.1, -0.05) is 41.6 Å². The summed E-state index contributed by atoms with van der Waals surface area (Å²) >= 11 is 3.23. The standard InChI is InChI=1S/C16H15N3OS2/c1-10-2-4-12(5-3-10)15-17-13(8-21-15)9-22-16-19-18-14(20-16)11-6-7-11/h2-5,8,11H,6-7,9H2,1H3. The van der Waals surface area contributed by atoms with E-state index in [4.69, 9.17) is 4.42 Å². The minimum Gasteiger partial charge on any atom is -0.416 e. The van der Waals surface area contributed by atoms with E-state index in [9.17, 15) is 0 Å². The van der Waals surface area contributed by atoms with E-state index in [1.165, 1.54) is 24.0 Å². The molecule has 0 radical (unpaired) electrons. The van der Waals surface area contributed by atoms with Crippen LogP contribution in [0.2, 0.25) is 0 Å². The lowest BCUT2D eigenvalue weighted by Gasteiger charge is -1.96. The van der Waals surface area contributed by atoms with E-state index < -0.39 is 0 Å². The van der Waals surface area contributed by atoms with Crippen LogP contribution in [0.3, 0.4) is 0 Å². The average Bonchev–Trinajstić information content (AvgIpc) is 3.09. The lowest BCUT2D eigenvalue weighted by atomic mass is 10.2. The summed E-state index contributed by atoms with van der Waals surface area (Å²) in [6, 6.07) is 8.46. The van der Waals surface area contributed by atoms with Crippen molar-refractivity contribution in [1.82, 2.24) is 15.2 Å². The molecule has 0 spiro atoms. The number of aryl methyl sites for hydroxylation is 1.